The Balaban J connectivity index is 1.80. The maximum Gasteiger partial charge on any atom is 0.187 e. The van der Waals surface area contributed by atoms with E-state index in [4.69, 9.17) is 23.7 Å². The Morgan fingerprint density at radius 1 is 1.00 bits per heavy atom. The van der Waals surface area contributed by atoms with Gasteiger partial charge in [-0.3, -0.25) is 0 Å². The summed E-state index contributed by atoms with van der Waals surface area (Å²) in [6.07, 6.45) is -2.33. The zero-order valence-electron chi connectivity index (χ0n) is 23.9. The smallest absolute Gasteiger partial charge is 0.187 e. The molecule has 9 heteroatoms. The molecule has 1 heterocycles. The molecular weight excluding hydrogens is 492 g/mol. The average molecular weight is 541 g/mol. The molecule has 4 aliphatic rings. The Morgan fingerprint density at radius 2 is 1.71 bits per heavy atom. The summed E-state index contributed by atoms with van der Waals surface area (Å²) < 4.78 is 29.4. The number of allylic oxidation sites excluding steroid dienone is 2. The number of hydrogen-bond acceptors (Lipinski definition) is 9. The topological polar surface area (TPSA) is 127 Å². The predicted molar refractivity (Wildman–Crippen MR) is 140 cm³/mol. The van der Waals surface area contributed by atoms with Crippen molar-refractivity contribution in [2.75, 3.05) is 34.5 Å². The SMILES string of the molecule is COC[C@H]1O[C@H](O[C@@H]2C3=C(C(C)C)CC[C@]3(C)/C=C3\[C@@H](CC[C@@]3(COC)OC)[C@@H](C)[C@H]2O)[C@H](O)[C@@H](O)[C@@H]1O. The fourth-order valence-corrected chi connectivity index (χ4v) is 7.42. The molecule has 4 rings (SSSR count). The first kappa shape index (κ1) is 30.1. The van der Waals surface area contributed by atoms with Gasteiger partial charge in [-0.05, 0) is 54.6 Å². The monoisotopic (exact) mass is 540 g/mol. The molecular formula is C29H48O9. The normalized spacial score (nSPS) is 46.9. The van der Waals surface area contributed by atoms with E-state index >= 15 is 0 Å². The summed E-state index contributed by atoms with van der Waals surface area (Å²) in [6, 6.07) is 0. The van der Waals surface area contributed by atoms with Crippen LogP contribution in [0.2, 0.25) is 0 Å². The number of hydrogen-bond donors (Lipinski definition) is 4. The molecule has 0 aromatic heterocycles. The van der Waals surface area contributed by atoms with Crippen LogP contribution in [0.15, 0.2) is 22.8 Å². The van der Waals surface area contributed by atoms with Gasteiger partial charge in [0.15, 0.2) is 6.29 Å². The Labute approximate surface area is 226 Å². The van der Waals surface area contributed by atoms with Gasteiger partial charge >= 0.3 is 0 Å². The molecule has 0 spiro atoms. The molecule has 0 aromatic rings. The van der Waals surface area contributed by atoms with Gasteiger partial charge < -0.3 is 44.1 Å². The number of ether oxygens (including phenoxy) is 5. The Kier molecular flexibility index (Phi) is 9.14. The molecule has 2 fully saturated rings. The quantitative estimate of drug-likeness (QED) is 0.342. The van der Waals surface area contributed by atoms with Crippen LogP contribution in [-0.4, -0.2) is 103 Å². The summed E-state index contributed by atoms with van der Waals surface area (Å²) in [5.74, 6) is 0.116. The van der Waals surface area contributed by atoms with Crippen LogP contribution in [-0.2, 0) is 23.7 Å². The van der Waals surface area contributed by atoms with Gasteiger partial charge in [0.1, 0.15) is 36.1 Å². The number of fused-ring (bicyclic) bond motifs is 2. The van der Waals surface area contributed by atoms with E-state index in [-0.39, 0.29) is 24.4 Å². The minimum absolute atomic E-state index is 0.0266. The van der Waals surface area contributed by atoms with Gasteiger partial charge in [-0.15, -0.1) is 0 Å². The van der Waals surface area contributed by atoms with Crippen LogP contribution in [0.25, 0.3) is 0 Å². The summed E-state index contributed by atoms with van der Waals surface area (Å²) >= 11 is 0. The largest absolute Gasteiger partial charge is 0.390 e. The zero-order valence-corrected chi connectivity index (χ0v) is 23.9. The van der Waals surface area contributed by atoms with E-state index in [9.17, 15) is 20.4 Å². The van der Waals surface area contributed by atoms with Crippen LogP contribution >= 0.6 is 0 Å². The van der Waals surface area contributed by atoms with E-state index in [0.717, 1.165) is 31.3 Å². The first-order chi connectivity index (χ1) is 17.9. The first-order valence-electron chi connectivity index (χ1n) is 14.0. The molecule has 0 amide bonds. The minimum atomic E-state index is -1.48. The number of aliphatic hydroxyl groups is 4. The minimum Gasteiger partial charge on any atom is -0.390 e. The molecule has 4 N–H and O–H groups in total. The Hall–Kier alpha value is -0.880. The standard InChI is InChI=1S/C29H48O9/c1-15(2)17-8-10-28(4)12-19-18(9-11-29(19,36-7)14-35-6)16(3)22(30)26(21(17)28)38-27-25(33)24(32)23(31)20(37-27)13-34-5/h12,15-16,18,20,22-27,30-33H,8-11,13-14H2,1-7H3/b19-12+/t16-,18+,20-,22-,23-,24+,25-,26-,27-,28-,29+/m1/s1. The second-order valence-electron chi connectivity index (χ2n) is 12.3. The molecule has 11 atom stereocenters. The first-order valence-corrected chi connectivity index (χ1v) is 14.0. The highest BCUT2D eigenvalue weighted by molar-refractivity contribution is 5.43. The molecule has 218 valence electrons. The number of rotatable bonds is 8. The van der Waals surface area contributed by atoms with Gasteiger partial charge in [-0.2, -0.15) is 0 Å². The van der Waals surface area contributed by atoms with Gasteiger partial charge in [-0.25, -0.2) is 0 Å². The molecule has 0 unspecified atom stereocenters. The lowest BCUT2D eigenvalue weighted by molar-refractivity contribution is -0.316. The fourth-order valence-electron chi connectivity index (χ4n) is 7.42. The molecule has 0 bridgehead atoms. The third-order valence-electron chi connectivity index (χ3n) is 9.65. The van der Waals surface area contributed by atoms with Crippen molar-refractivity contribution >= 4 is 0 Å². The maximum absolute atomic E-state index is 12.0. The molecule has 1 aliphatic heterocycles. The average Bonchev–Trinajstić information content (AvgIpc) is 3.40. The molecule has 9 nitrogen and oxygen atoms in total. The van der Waals surface area contributed by atoms with Crippen molar-refractivity contribution in [1.82, 2.24) is 0 Å². The van der Waals surface area contributed by atoms with Crippen molar-refractivity contribution in [2.45, 2.75) is 102 Å². The van der Waals surface area contributed by atoms with E-state index < -0.39 is 53.9 Å². The van der Waals surface area contributed by atoms with Crippen LogP contribution in [0.1, 0.15) is 53.4 Å². The van der Waals surface area contributed by atoms with Gasteiger partial charge in [-0.1, -0.05) is 39.3 Å². The third-order valence-corrected chi connectivity index (χ3v) is 9.65. The Morgan fingerprint density at radius 3 is 2.32 bits per heavy atom. The highest BCUT2D eigenvalue weighted by Gasteiger charge is 2.55. The van der Waals surface area contributed by atoms with Crippen LogP contribution in [0.3, 0.4) is 0 Å². The number of aliphatic hydroxyl groups excluding tert-OH is 4. The van der Waals surface area contributed by atoms with E-state index in [1.165, 1.54) is 18.3 Å². The van der Waals surface area contributed by atoms with Crippen molar-refractivity contribution in [3.05, 3.63) is 22.8 Å². The van der Waals surface area contributed by atoms with Crippen molar-refractivity contribution in [3.8, 4) is 0 Å². The fraction of sp³-hybridized carbons (Fsp3) is 0.862. The lowest BCUT2D eigenvalue weighted by Crippen LogP contribution is -2.61. The van der Waals surface area contributed by atoms with Gasteiger partial charge in [0.05, 0.1) is 19.3 Å². The van der Waals surface area contributed by atoms with Crippen LogP contribution < -0.4 is 0 Å². The zero-order chi connectivity index (χ0) is 28.0. The van der Waals surface area contributed by atoms with E-state index in [0.29, 0.717) is 6.61 Å². The van der Waals surface area contributed by atoms with E-state index in [1.54, 1.807) is 14.2 Å². The van der Waals surface area contributed by atoms with Crippen molar-refractivity contribution in [2.24, 2.45) is 23.2 Å². The summed E-state index contributed by atoms with van der Waals surface area (Å²) in [5, 5.41) is 43.8. The summed E-state index contributed by atoms with van der Waals surface area (Å²) in [6.45, 7) is 9.00. The van der Waals surface area contributed by atoms with Crippen LogP contribution in [0.4, 0.5) is 0 Å². The molecule has 38 heavy (non-hydrogen) atoms. The molecule has 0 aromatic carbocycles. The van der Waals surface area contributed by atoms with Crippen molar-refractivity contribution in [1.29, 1.82) is 0 Å². The van der Waals surface area contributed by atoms with Crippen molar-refractivity contribution < 1.29 is 44.1 Å². The van der Waals surface area contributed by atoms with E-state index in [1.807, 2.05) is 6.92 Å². The highest BCUT2D eigenvalue weighted by atomic mass is 16.7. The molecule has 1 saturated heterocycles. The van der Waals surface area contributed by atoms with Crippen LogP contribution in [0, 0.1) is 23.2 Å². The molecule has 0 radical (unpaired) electrons. The molecule has 3 aliphatic carbocycles. The van der Waals surface area contributed by atoms with Crippen LogP contribution in [0.5, 0.6) is 0 Å². The number of methoxy groups -OCH3 is 3. The van der Waals surface area contributed by atoms with Gasteiger partial charge in [0.2, 0.25) is 0 Å². The molecule has 1 saturated carbocycles. The summed E-state index contributed by atoms with van der Waals surface area (Å²) in [7, 11) is 4.90. The summed E-state index contributed by atoms with van der Waals surface area (Å²) in [4.78, 5) is 0. The maximum atomic E-state index is 12.0. The predicted octanol–water partition coefficient (Wildman–Crippen LogP) is 1.96. The summed E-state index contributed by atoms with van der Waals surface area (Å²) in [5.41, 5.74) is 2.47. The highest BCUT2D eigenvalue weighted by Crippen LogP contribution is 2.57. The van der Waals surface area contributed by atoms with E-state index in [2.05, 4.69) is 26.8 Å². The second-order valence-corrected chi connectivity index (χ2v) is 12.3. The lowest BCUT2D eigenvalue weighted by atomic mass is 9.68. The van der Waals surface area contributed by atoms with Gasteiger partial charge in [0, 0.05) is 26.7 Å². The Bertz CT molecular complexity index is 902. The third kappa shape index (κ3) is 5.03. The van der Waals surface area contributed by atoms with Gasteiger partial charge in [0.25, 0.3) is 0 Å². The second kappa shape index (κ2) is 11.5. The van der Waals surface area contributed by atoms with Crippen molar-refractivity contribution in [3.63, 3.8) is 0 Å². The lowest BCUT2D eigenvalue weighted by Gasteiger charge is -2.46.